The molecular weight excluding hydrogens is 454 g/mol. The number of aliphatic hydroxyl groups is 4. The third kappa shape index (κ3) is 5.87. The van der Waals surface area contributed by atoms with Crippen LogP contribution in [0.4, 0.5) is 0 Å². The molecular formula is C26H37NO8. The number of hydrogen-bond donors (Lipinski definition) is 4. The van der Waals surface area contributed by atoms with Crippen molar-refractivity contribution in [2.75, 3.05) is 26.3 Å². The van der Waals surface area contributed by atoms with Gasteiger partial charge in [-0.1, -0.05) is 11.6 Å². The Kier molecular flexibility index (Phi) is 8.46. The first-order chi connectivity index (χ1) is 16.8. The summed E-state index contributed by atoms with van der Waals surface area (Å²) in [5, 5.41) is 39.8. The molecule has 1 aromatic rings. The highest BCUT2D eigenvalue weighted by atomic mass is 16.7. The molecule has 0 unspecified atom stereocenters. The van der Waals surface area contributed by atoms with E-state index in [1.165, 1.54) is 12.8 Å². The second-order valence-electron chi connectivity index (χ2n) is 10.0. The largest absolute Gasteiger partial charge is 0.462 e. The predicted molar refractivity (Wildman–Crippen MR) is 127 cm³/mol. The number of rotatable bonds is 8. The van der Waals surface area contributed by atoms with Crippen LogP contribution >= 0.6 is 0 Å². The normalized spacial score (nSPS) is 32.8. The van der Waals surface area contributed by atoms with E-state index in [9.17, 15) is 25.2 Å². The molecule has 3 saturated heterocycles. The summed E-state index contributed by atoms with van der Waals surface area (Å²) in [5.74, 6) is 0.348. The van der Waals surface area contributed by atoms with Crippen molar-refractivity contribution >= 4 is 5.97 Å². The van der Waals surface area contributed by atoms with E-state index in [0.29, 0.717) is 41.9 Å². The van der Waals surface area contributed by atoms with Gasteiger partial charge in [0.05, 0.1) is 18.8 Å². The zero-order valence-electron chi connectivity index (χ0n) is 20.4. The lowest BCUT2D eigenvalue weighted by molar-refractivity contribution is -0.277. The Labute approximate surface area is 205 Å². The SMILES string of the molecule is CC(C)=CCc1cc(C(=O)OC[C@H]2CCN3CCC[C@H]23)ccc1O[C@@H]1O[C@H](CO)[C@@H](O)[C@H](O)[C@H]1O. The Morgan fingerprint density at radius 2 is 1.94 bits per heavy atom. The number of carbonyl (C=O) groups is 1. The van der Waals surface area contributed by atoms with Gasteiger partial charge in [0.1, 0.15) is 30.2 Å². The molecule has 0 aliphatic carbocycles. The van der Waals surface area contributed by atoms with Gasteiger partial charge in [0.2, 0.25) is 6.29 Å². The minimum atomic E-state index is -1.53. The van der Waals surface area contributed by atoms with E-state index in [4.69, 9.17) is 14.2 Å². The molecule has 3 fully saturated rings. The second-order valence-corrected chi connectivity index (χ2v) is 10.0. The smallest absolute Gasteiger partial charge is 0.338 e. The van der Waals surface area contributed by atoms with Crippen LogP contribution in [0.5, 0.6) is 5.75 Å². The van der Waals surface area contributed by atoms with Gasteiger partial charge in [0.25, 0.3) is 0 Å². The number of nitrogens with zero attached hydrogens (tertiary/aromatic N) is 1. The predicted octanol–water partition coefficient (Wildman–Crippen LogP) is 1.02. The Morgan fingerprint density at radius 3 is 2.69 bits per heavy atom. The number of esters is 1. The van der Waals surface area contributed by atoms with E-state index in [1.54, 1.807) is 18.2 Å². The van der Waals surface area contributed by atoms with Gasteiger partial charge >= 0.3 is 5.97 Å². The molecule has 4 N–H and O–H groups in total. The van der Waals surface area contributed by atoms with E-state index in [1.807, 2.05) is 19.9 Å². The van der Waals surface area contributed by atoms with E-state index >= 15 is 0 Å². The fourth-order valence-corrected chi connectivity index (χ4v) is 5.23. The van der Waals surface area contributed by atoms with Crippen molar-refractivity contribution in [2.45, 2.75) is 76.3 Å². The maximum absolute atomic E-state index is 12.9. The van der Waals surface area contributed by atoms with Crippen molar-refractivity contribution in [1.29, 1.82) is 0 Å². The van der Waals surface area contributed by atoms with Crippen molar-refractivity contribution in [3.05, 3.63) is 41.0 Å². The van der Waals surface area contributed by atoms with Gasteiger partial charge in [0.15, 0.2) is 0 Å². The maximum atomic E-state index is 12.9. The number of fused-ring (bicyclic) bond motifs is 1. The molecule has 3 heterocycles. The summed E-state index contributed by atoms with van der Waals surface area (Å²) >= 11 is 0. The van der Waals surface area contributed by atoms with Crippen molar-refractivity contribution in [3.8, 4) is 5.75 Å². The third-order valence-electron chi connectivity index (χ3n) is 7.29. The van der Waals surface area contributed by atoms with Crippen LogP contribution < -0.4 is 4.74 Å². The van der Waals surface area contributed by atoms with Crippen LogP contribution in [0.3, 0.4) is 0 Å². The first-order valence-electron chi connectivity index (χ1n) is 12.4. The topological polar surface area (TPSA) is 129 Å². The zero-order valence-corrected chi connectivity index (χ0v) is 20.4. The fourth-order valence-electron chi connectivity index (χ4n) is 5.23. The third-order valence-corrected chi connectivity index (χ3v) is 7.29. The molecule has 9 heteroatoms. The molecule has 0 amide bonds. The van der Waals surface area contributed by atoms with Crippen LogP contribution in [-0.4, -0.2) is 94.3 Å². The summed E-state index contributed by atoms with van der Waals surface area (Å²) in [6.45, 7) is 6.00. The lowest BCUT2D eigenvalue weighted by Gasteiger charge is -2.39. The molecule has 1 aromatic carbocycles. The highest BCUT2D eigenvalue weighted by Crippen LogP contribution is 2.33. The average Bonchev–Trinajstić information content (AvgIpc) is 3.46. The summed E-state index contributed by atoms with van der Waals surface area (Å²) in [4.78, 5) is 15.3. The first kappa shape index (κ1) is 26.1. The van der Waals surface area contributed by atoms with Gasteiger partial charge < -0.3 is 34.6 Å². The number of carbonyl (C=O) groups excluding carboxylic acids is 1. The lowest BCUT2D eigenvalue weighted by atomic mass is 9.99. The highest BCUT2D eigenvalue weighted by Gasteiger charge is 2.45. The Balaban J connectivity index is 1.47. The molecule has 0 saturated carbocycles. The van der Waals surface area contributed by atoms with Gasteiger partial charge in [-0.3, -0.25) is 4.90 Å². The lowest BCUT2D eigenvalue weighted by Crippen LogP contribution is -2.60. The molecule has 3 aliphatic rings. The van der Waals surface area contributed by atoms with Crippen LogP contribution in [0, 0.1) is 5.92 Å². The summed E-state index contributed by atoms with van der Waals surface area (Å²) < 4.78 is 17.0. The van der Waals surface area contributed by atoms with Crippen molar-refractivity contribution < 1.29 is 39.4 Å². The highest BCUT2D eigenvalue weighted by molar-refractivity contribution is 5.90. The summed E-state index contributed by atoms with van der Waals surface area (Å²) in [7, 11) is 0. The molecule has 3 aliphatic heterocycles. The minimum Gasteiger partial charge on any atom is -0.462 e. The molecule has 0 bridgehead atoms. The van der Waals surface area contributed by atoms with Crippen molar-refractivity contribution in [3.63, 3.8) is 0 Å². The van der Waals surface area contributed by atoms with Gasteiger partial charge in [-0.15, -0.1) is 0 Å². The second kappa shape index (κ2) is 11.4. The quantitative estimate of drug-likeness (QED) is 0.311. The molecule has 7 atom stereocenters. The number of allylic oxidation sites excluding steroid dienone is 2. The molecule has 0 radical (unpaired) electrons. The number of aliphatic hydroxyl groups excluding tert-OH is 4. The Bertz CT molecular complexity index is 915. The van der Waals surface area contributed by atoms with Gasteiger partial charge in [0, 0.05) is 12.0 Å². The van der Waals surface area contributed by atoms with Crippen LogP contribution in [0.2, 0.25) is 0 Å². The van der Waals surface area contributed by atoms with Gasteiger partial charge in [-0.2, -0.15) is 0 Å². The first-order valence-corrected chi connectivity index (χ1v) is 12.4. The molecule has 4 rings (SSSR count). The zero-order chi connectivity index (χ0) is 25.1. The van der Waals surface area contributed by atoms with Crippen LogP contribution in [0.1, 0.15) is 49.0 Å². The summed E-state index contributed by atoms with van der Waals surface area (Å²) in [5.41, 5.74) is 2.17. The van der Waals surface area contributed by atoms with Crippen LogP contribution in [0.25, 0.3) is 0 Å². The molecule has 0 spiro atoms. The fraction of sp³-hybridized carbons (Fsp3) is 0.654. The monoisotopic (exact) mass is 491 g/mol. The minimum absolute atomic E-state index is 0.362. The number of ether oxygens (including phenoxy) is 3. The van der Waals surface area contributed by atoms with Crippen molar-refractivity contribution in [2.24, 2.45) is 5.92 Å². The summed E-state index contributed by atoms with van der Waals surface area (Å²) in [6.07, 6.45) is -1.01. The number of benzene rings is 1. The Morgan fingerprint density at radius 1 is 1.14 bits per heavy atom. The van der Waals surface area contributed by atoms with Crippen molar-refractivity contribution in [1.82, 2.24) is 4.90 Å². The van der Waals surface area contributed by atoms with Crippen LogP contribution in [-0.2, 0) is 15.9 Å². The van der Waals surface area contributed by atoms with E-state index < -0.39 is 37.3 Å². The molecule has 35 heavy (non-hydrogen) atoms. The van der Waals surface area contributed by atoms with E-state index in [-0.39, 0.29) is 5.97 Å². The maximum Gasteiger partial charge on any atom is 0.338 e. The van der Waals surface area contributed by atoms with Gasteiger partial charge in [-0.05, 0) is 76.4 Å². The average molecular weight is 492 g/mol. The summed E-state index contributed by atoms with van der Waals surface area (Å²) in [6, 6.07) is 5.44. The van der Waals surface area contributed by atoms with E-state index in [0.717, 1.165) is 25.1 Å². The molecule has 9 nitrogen and oxygen atoms in total. The van der Waals surface area contributed by atoms with Crippen LogP contribution in [0.15, 0.2) is 29.8 Å². The Hall–Kier alpha value is -2.01. The number of hydrogen-bond acceptors (Lipinski definition) is 9. The molecule has 0 aromatic heterocycles. The van der Waals surface area contributed by atoms with Gasteiger partial charge in [-0.25, -0.2) is 4.79 Å². The molecule has 194 valence electrons. The van der Waals surface area contributed by atoms with E-state index in [2.05, 4.69) is 4.90 Å². The standard InChI is InChI=1S/C26H37NO8/c1-15(2)5-6-16-12-17(25(32)33-14-18-9-11-27-10-3-4-19(18)27)7-8-20(16)34-26-24(31)23(30)22(29)21(13-28)35-26/h5,7-8,12,18-19,21-24,26,28-31H,3-4,6,9-11,13-14H2,1-2H3/t18-,19-,21-,22-,23+,24-,26-/m1/s1.